The Hall–Kier alpha value is -2.69. The van der Waals surface area contributed by atoms with Crippen LogP contribution in [0.4, 0.5) is 28.8 Å². The van der Waals surface area contributed by atoms with Gasteiger partial charge in [0, 0.05) is 11.3 Å². The van der Waals surface area contributed by atoms with Crippen molar-refractivity contribution in [2.45, 2.75) is 6.18 Å². The van der Waals surface area contributed by atoms with Gasteiger partial charge in [0.2, 0.25) is 10.1 Å². The SMILES string of the molecule is O=C(Nc1nnc(C(F)(F)F)s1)c1cccc(N2CCOC2=O)c1. The zero-order chi connectivity index (χ0) is 17.3. The van der Waals surface area contributed by atoms with E-state index in [1.807, 2.05) is 0 Å². The molecule has 0 aliphatic carbocycles. The molecule has 1 aromatic heterocycles. The quantitative estimate of drug-likeness (QED) is 0.912. The van der Waals surface area contributed by atoms with Crippen LogP contribution in [0.25, 0.3) is 0 Å². The smallest absolute Gasteiger partial charge is 0.445 e. The van der Waals surface area contributed by atoms with Crippen LogP contribution in [0, 0.1) is 0 Å². The number of anilines is 2. The number of aromatic nitrogens is 2. The van der Waals surface area contributed by atoms with Gasteiger partial charge in [-0.2, -0.15) is 13.2 Å². The van der Waals surface area contributed by atoms with Crippen molar-refractivity contribution in [1.82, 2.24) is 10.2 Å². The Morgan fingerprint density at radius 3 is 2.75 bits per heavy atom. The average molecular weight is 358 g/mol. The van der Waals surface area contributed by atoms with E-state index in [4.69, 9.17) is 4.74 Å². The van der Waals surface area contributed by atoms with Gasteiger partial charge >= 0.3 is 12.3 Å². The molecule has 3 rings (SSSR count). The summed E-state index contributed by atoms with van der Waals surface area (Å²) in [4.78, 5) is 25.0. The van der Waals surface area contributed by atoms with E-state index in [0.717, 1.165) is 0 Å². The third-order valence-electron chi connectivity index (χ3n) is 3.07. The molecule has 0 radical (unpaired) electrons. The van der Waals surface area contributed by atoms with E-state index in [2.05, 4.69) is 15.5 Å². The zero-order valence-electron chi connectivity index (χ0n) is 11.8. The first kappa shape index (κ1) is 16.2. The van der Waals surface area contributed by atoms with Crippen LogP contribution < -0.4 is 10.2 Å². The molecule has 0 atom stereocenters. The van der Waals surface area contributed by atoms with Crippen molar-refractivity contribution in [3.05, 3.63) is 34.8 Å². The molecule has 0 spiro atoms. The number of hydrogen-bond acceptors (Lipinski definition) is 6. The molecular weight excluding hydrogens is 349 g/mol. The third-order valence-corrected chi connectivity index (χ3v) is 3.95. The number of nitrogens with one attached hydrogen (secondary N) is 1. The van der Waals surface area contributed by atoms with Crippen molar-refractivity contribution < 1.29 is 27.5 Å². The molecule has 2 heterocycles. The van der Waals surface area contributed by atoms with Gasteiger partial charge < -0.3 is 4.74 Å². The van der Waals surface area contributed by atoms with Crippen molar-refractivity contribution in [3.8, 4) is 0 Å². The van der Waals surface area contributed by atoms with Gasteiger partial charge in [-0.25, -0.2) is 4.79 Å². The monoisotopic (exact) mass is 358 g/mol. The molecule has 1 saturated heterocycles. The molecule has 0 bridgehead atoms. The molecule has 24 heavy (non-hydrogen) atoms. The van der Waals surface area contributed by atoms with Gasteiger partial charge in [-0.1, -0.05) is 17.4 Å². The number of ether oxygens (including phenoxy) is 1. The molecule has 1 aliphatic heterocycles. The van der Waals surface area contributed by atoms with Crippen LogP contribution in [0.3, 0.4) is 0 Å². The maximum atomic E-state index is 12.5. The summed E-state index contributed by atoms with van der Waals surface area (Å²) in [6.07, 6.45) is -5.14. The fraction of sp³-hybridized carbons (Fsp3) is 0.231. The molecule has 1 N–H and O–H groups in total. The molecule has 11 heteroatoms. The summed E-state index contributed by atoms with van der Waals surface area (Å²) in [7, 11) is 0. The normalized spacial score (nSPS) is 14.6. The van der Waals surface area contributed by atoms with Crippen molar-refractivity contribution in [3.63, 3.8) is 0 Å². The van der Waals surface area contributed by atoms with E-state index in [1.165, 1.54) is 17.0 Å². The maximum Gasteiger partial charge on any atom is 0.445 e. The number of amides is 2. The maximum absolute atomic E-state index is 12.5. The van der Waals surface area contributed by atoms with Crippen LogP contribution in [-0.2, 0) is 10.9 Å². The number of benzene rings is 1. The first-order chi connectivity index (χ1) is 11.3. The summed E-state index contributed by atoms with van der Waals surface area (Å²) < 4.78 is 42.2. The minimum atomic E-state index is -4.61. The average Bonchev–Trinajstić information content (AvgIpc) is 3.16. The molecule has 0 saturated carbocycles. The molecule has 1 aliphatic rings. The molecule has 126 valence electrons. The lowest BCUT2D eigenvalue weighted by atomic mass is 10.2. The number of rotatable bonds is 3. The van der Waals surface area contributed by atoms with Gasteiger partial charge in [0.15, 0.2) is 0 Å². The molecule has 2 amide bonds. The van der Waals surface area contributed by atoms with E-state index < -0.39 is 23.2 Å². The highest BCUT2D eigenvalue weighted by Crippen LogP contribution is 2.33. The van der Waals surface area contributed by atoms with E-state index in [0.29, 0.717) is 12.2 Å². The molecule has 0 unspecified atom stereocenters. The molecule has 1 fully saturated rings. The summed E-state index contributed by atoms with van der Waals surface area (Å²) in [5.74, 6) is -0.658. The standard InChI is InChI=1S/C13H9F3N4O3S/c14-13(15,16)10-18-19-11(24-10)17-9(21)7-2-1-3-8(6-7)20-4-5-23-12(20)22/h1-3,6H,4-5H2,(H,17,19,21). The number of carbonyl (C=O) groups excluding carboxylic acids is 2. The highest BCUT2D eigenvalue weighted by Gasteiger charge is 2.35. The Morgan fingerprint density at radius 1 is 1.33 bits per heavy atom. The molecule has 7 nitrogen and oxygen atoms in total. The summed E-state index contributed by atoms with van der Waals surface area (Å²) in [6, 6.07) is 6.08. The van der Waals surface area contributed by atoms with E-state index in [1.54, 1.807) is 12.1 Å². The van der Waals surface area contributed by atoms with Crippen LogP contribution in [0.15, 0.2) is 24.3 Å². The van der Waals surface area contributed by atoms with Crippen LogP contribution in [-0.4, -0.2) is 35.3 Å². The summed E-state index contributed by atoms with van der Waals surface area (Å²) in [5, 5.41) is 7.11. The van der Waals surface area contributed by atoms with Crippen LogP contribution >= 0.6 is 11.3 Å². The Kier molecular flexibility index (Phi) is 4.09. The third kappa shape index (κ3) is 3.30. The molecular formula is C13H9F3N4O3S. The Bertz CT molecular complexity index is 793. The number of nitrogens with zero attached hydrogens (tertiary/aromatic N) is 3. The second-order valence-corrected chi connectivity index (χ2v) is 5.66. The first-order valence-corrected chi connectivity index (χ1v) is 7.42. The second kappa shape index (κ2) is 6.07. The van der Waals surface area contributed by atoms with Gasteiger partial charge in [0.1, 0.15) is 6.61 Å². The van der Waals surface area contributed by atoms with Crippen LogP contribution in [0.1, 0.15) is 15.4 Å². The Balaban J connectivity index is 1.76. The van der Waals surface area contributed by atoms with E-state index in [-0.39, 0.29) is 28.6 Å². The van der Waals surface area contributed by atoms with E-state index in [9.17, 15) is 22.8 Å². The number of cyclic esters (lactones) is 1. The van der Waals surface area contributed by atoms with Gasteiger partial charge in [0.05, 0.1) is 6.54 Å². The van der Waals surface area contributed by atoms with Crippen LogP contribution in [0.5, 0.6) is 0 Å². The lowest BCUT2D eigenvalue weighted by molar-refractivity contribution is -0.138. The summed E-state index contributed by atoms with van der Waals surface area (Å²) >= 11 is 0.229. The second-order valence-electron chi connectivity index (χ2n) is 4.68. The predicted molar refractivity (Wildman–Crippen MR) is 78.0 cm³/mol. The van der Waals surface area contributed by atoms with Gasteiger partial charge in [-0.3, -0.25) is 15.0 Å². The summed E-state index contributed by atoms with van der Waals surface area (Å²) in [6.45, 7) is 0.607. The fourth-order valence-corrected chi connectivity index (χ4v) is 2.61. The van der Waals surface area contributed by atoms with E-state index >= 15 is 0 Å². The Morgan fingerprint density at radius 2 is 2.12 bits per heavy atom. The largest absolute Gasteiger partial charge is 0.447 e. The molecule has 2 aromatic rings. The minimum absolute atomic E-state index is 0.163. The Labute approximate surface area is 137 Å². The highest BCUT2D eigenvalue weighted by molar-refractivity contribution is 7.15. The number of halogens is 3. The fourth-order valence-electron chi connectivity index (χ4n) is 2.00. The predicted octanol–water partition coefficient (Wildman–Crippen LogP) is 2.77. The zero-order valence-corrected chi connectivity index (χ0v) is 12.6. The van der Waals surface area contributed by atoms with Gasteiger partial charge in [-0.05, 0) is 18.2 Å². The lowest BCUT2D eigenvalue weighted by Gasteiger charge is -2.13. The topological polar surface area (TPSA) is 84.4 Å². The van der Waals surface area contributed by atoms with Gasteiger partial charge in [-0.15, -0.1) is 10.2 Å². The van der Waals surface area contributed by atoms with Crippen molar-refractivity contribution >= 4 is 34.2 Å². The minimum Gasteiger partial charge on any atom is -0.447 e. The number of hydrogen-bond donors (Lipinski definition) is 1. The van der Waals surface area contributed by atoms with Crippen molar-refractivity contribution in [1.29, 1.82) is 0 Å². The van der Waals surface area contributed by atoms with Crippen molar-refractivity contribution in [2.75, 3.05) is 23.4 Å². The number of carbonyl (C=O) groups is 2. The highest BCUT2D eigenvalue weighted by atomic mass is 32.1. The number of alkyl halides is 3. The first-order valence-electron chi connectivity index (χ1n) is 6.61. The van der Waals surface area contributed by atoms with Crippen LogP contribution in [0.2, 0.25) is 0 Å². The van der Waals surface area contributed by atoms with Crippen molar-refractivity contribution in [2.24, 2.45) is 0 Å². The van der Waals surface area contributed by atoms with Gasteiger partial charge in [0.25, 0.3) is 5.91 Å². The molecule has 1 aromatic carbocycles. The lowest BCUT2D eigenvalue weighted by Crippen LogP contribution is -2.23. The summed E-state index contributed by atoms with van der Waals surface area (Å²) in [5.41, 5.74) is 0.620.